The van der Waals surface area contributed by atoms with Gasteiger partial charge in [0, 0.05) is 31.1 Å². The molecule has 0 N–H and O–H groups in total. The van der Waals surface area contributed by atoms with Gasteiger partial charge in [-0.25, -0.2) is 8.78 Å². The third-order valence-corrected chi connectivity index (χ3v) is 4.67. The summed E-state index contributed by atoms with van der Waals surface area (Å²) in [6, 6.07) is 8.77. The van der Waals surface area contributed by atoms with Crippen molar-refractivity contribution in [2.45, 2.75) is 33.8 Å². The number of aldehydes is 1. The highest BCUT2D eigenvalue weighted by Crippen LogP contribution is 2.26. The van der Waals surface area contributed by atoms with Gasteiger partial charge in [0.1, 0.15) is 30.3 Å². The van der Waals surface area contributed by atoms with Crippen LogP contribution >= 0.6 is 0 Å². The SMILES string of the molecule is CCN(CC)C(=O)C=C(C)c1ccc(OCc2c(F)cccc2F)c(CC=O)c1. The Morgan fingerprint density at radius 3 is 2.34 bits per heavy atom. The van der Waals surface area contributed by atoms with Gasteiger partial charge in [-0.1, -0.05) is 12.1 Å². The van der Waals surface area contributed by atoms with Crippen LogP contribution < -0.4 is 4.74 Å². The zero-order valence-electron chi connectivity index (χ0n) is 16.9. The molecule has 0 heterocycles. The van der Waals surface area contributed by atoms with Crippen molar-refractivity contribution in [2.24, 2.45) is 0 Å². The first-order chi connectivity index (χ1) is 13.9. The van der Waals surface area contributed by atoms with E-state index in [0.29, 0.717) is 24.4 Å². The van der Waals surface area contributed by atoms with E-state index in [1.54, 1.807) is 29.2 Å². The second kappa shape index (κ2) is 10.5. The van der Waals surface area contributed by atoms with Crippen LogP contribution in [0.2, 0.25) is 0 Å². The fourth-order valence-electron chi connectivity index (χ4n) is 2.93. The maximum absolute atomic E-state index is 13.8. The second-order valence-corrected chi connectivity index (χ2v) is 6.52. The molecule has 0 aliphatic heterocycles. The molecule has 0 atom stereocenters. The monoisotopic (exact) mass is 401 g/mol. The van der Waals surface area contributed by atoms with Gasteiger partial charge in [0.25, 0.3) is 0 Å². The van der Waals surface area contributed by atoms with Crippen LogP contribution in [0.1, 0.15) is 37.5 Å². The number of rotatable bonds is 9. The molecule has 0 aliphatic rings. The Hall–Kier alpha value is -3.02. The number of hydrogen-bond acceptors (Lipinski definition) is 3. The van der Waals surface area contributed by atoms with E-state index in [-0.39, 0.29) is 24.5 Å². The lowest BCUT2D eigenvalue weighted by Crippen LogP contribution is -2.28. The Morgan fingerprint density at radius 1 is 1.10 bits per heavy atom. The van der Waals surface area contributed by atoms with Crippen LogP contribution in [0.4, 0.5) is 8.78 Å². The van der Waals surface area contributed by atoms with Crippen LogP contribution in [0.15, 0.2) is 42.5 Å². The highest BCUT2D eigenvalue weighted by Gasteiger charge is 2.13. The van der Waals surface area contributed by atoms with Crippen LogP contribution in [0.5, 0.6) is 5.75 Å². The number of carbonyl (C=O) groups excluding carboxylic acids is 2. The molecule has 0 aliphatic carbocycles. The first-order valence-corrected chi connectivity index (χ1v) is 9.51. The minimum atomic E-state index is -0.688. The minimum absolute atomic E-state index is 0.0835. The summed E-state index contributed by atoms with van der Waals surface area (Å²) in [5, 5.41) is 0. The zero-order valence-corrected chi connectivity index (χ0v) is 16.9. The van der Waals surface area contributed by atoms with Crippen LogP contribution in [0, 0.1) is 11.6 Å². The highest BCUT2D eigenvalue weighted by molar-refractivity contribution is 5.95. The summed E-state index contributed by atoms with van der Waals surface area (Å²) < 4.78 is 33.2. The Morgan fingerprint density at radius 2 is 1.76 bits per heavy atom. The fraction of sp³-hybridized carbons (Fsp3) is 0.304. The van der Waals surface area contributed by atoms with Crippen LogP contribution in [-0.2, 0) is 22.6 Å². The van der Waals surface area contributed by atoms with Crippen molar-refractivity contribution in [3.63, 3.8) is 0 Å². The quantitative estimate of drug-likeness (QED) is 0.457. The molecule has 6 heteroatoms. The molecule has 0 saturated heterocycles. The third kappa shape index (κ3) is 5.73. The first-order valence-electron chi connectivity index (χ1n) is 9.51. The Balaban J connectivity index is 2.26. The lowest BCUT2D eigenvalue weighted by molar-refractivity contribution is -0.125. The van der Waals surface area contributed by atoms with Crippen molar-refractivity contribution in [2.75, 3.05) is 13.1 Å². The largest absolute Gasteiger partial charge is 0.488 e. The summed E-state index contributed by atoms with van der Waals surface area (Å²) in [5.41, 5.74) is 1.93. The number of likely N-dealkylation sites (N-methyl/N-ethyl adjacent to an activating group) is 1. The van der Waals surface area contributed by atoms with Crippen molar-refractivity contribution >= 4 is 17.8 Å². The van der Waals surface area contributed by atoms with Gasteiger partial charge < -0.3 is 14.4 Å². The van der Waals surface area contributed by atoms with Crippen molar-refractivity contribution in [1.29, 1.82) is 0 Å². The summed E-state index contributed by atoms with van der Waals surface area (Å²) in [6.07, 6.45) is 2.37. The maximum atomic E-state index is 13.8. The van der Waals surface area contributed by atoms with Gasteiger partial charge >= 0.3 is 0 Å². The van der Waals surface area contributed by atoms with Crippen molar-refractivity contribution in [3.05, 3.63) is 70.8 Å². The third-order valence-electron chi connectivity index (χ3n) is 4.67. The highest BCUT2D eigenvalue weighted by atomic mass is 19.1. The van der Waals surface area contributed by atoms with E-state index in [2.05, 4.69) is 0 Å². The van der Waals surface area contributed by atoms with Crippen molar-refractivity contribution < 1.29 is 23.1 Å². The summed E-state index contributed by atoms with van der Waals surface area (Å²) in [6.45, 7) is 6.59. The second-order valence-electron chi connectivity index (χ2n) is 6.52. The van der Waals surface area contributed by atoms with Gasteiger partial charge in [0.05, 0.1) is 5.56 Å². The average molecular weight is 401 g/mol. The molecule has 1 amide bonds. The molecule has 2 aromatic rings. The normalized spacial score (nSPS) is 11.3. The van der Waals surface area contributed by atoms with E-state index in [0.717, 1.165) is 29.6 Å². The zero-order chi connectivity index (χ0) is 21.4. The number of halogens is 2. The molecule has 0 radical (unpaired) electrons. The van der Waals surface area contributed by atoms with Gasteiger partial charge in [0.2, 0.25) is 5.91 Å². The molecular weight excluding hydrogens is 376 g/mol. The number of carbonyl (C=O) groups is 2. The van der Waals surface area contributed by atoms with E-state index in [9.17, 15) is 18.4 Å². The standard InChI is InChI=1S/C23H25F2NO3/c1-4-26(5-2)23(28)13-16(3)17-9-10-22(18(14-17)11-12-27)29-15-19-20(24)7-6-8-21(19)25/h6-10,12-14H,4-5,11,15H2,1-3H3. The van der Waals surface area contributed by atoms with Gasteiger partial charge in [-0.15, -0.1) is 0 Å². The Kier molecular flexibility index (Phi) is 8.07. The summed E-state index contributed by atoms with van der Waals surface area (Å²) in [4.78, 5) is 25.1. The predicted octanol–water partition coefficient (Wildman–Crippen LogP) is 4.56. The van der Waals surface area contributed by atoms with E-state index in [4.69, 9.17) is 4.74 Å². The van der Waals surface area contributed by atoms with Crippen LogP contribution in [0.25, 0.3) is 5.57 Å². The van der Waals surface area contributed by atoms with Gasteiger partial charge in [0.15, 0.2) is 0 Å². The number of nitrogens with zero attached hydrogens (tertiary/aromatic N) is 1. The number of benzene rings is 2. The molecule has 4 nitrogen and oxygen atoms in total. The summed E-state index contributed by atoms with van der Waals surface area (Å²) in [5.74, 6) is -1.09. The lowest BCUT2D eigenvalue weighted by atomic mass is 10.0. The maximum Gasteiger partial charge on any atom is 0.246 e. The topological polar surface area (TPSA) is 46.6 Å². The van der Waals surface area contributed by atoms with Crippen molar-refractivity contribution in [3.8, 4) is 5.75 Å². The number of ether oxygens (including phenoxy) is 1. The van der Waals surface area contributed by atoms with Crippen LogP contribution in [-0.4, -0.2) is 30.2 Å². The van der Waals surface area contributed by atoms with Crippen molar-refractivity contribution in [1.82, 2.24) is 4.90 Å². The molecule has 0 aromatic heterocycles. The van der Waals surface area contributed by atoms with Gasteiger partial charge in [-0.05, 0) is 56.2 Å². The number of allylic oxidation sites excluding steroid dienone is 1. The van der Waals surface area contributed by atoms with Crippen LogP contribution in [0.3, 0.4) is 0 Å². The molecule has 154 valence electrons. The number of amides is 1. The molecule has 2 aromatic carbocycles. The fourth-order valence-corrected chi connectivity index (χ4v) is 2.93. The van der Waals surface area contributed by atoms with Gasteiger partial charge in [-0.3, -0.25) is 4.79 Å². The molecule has 0 spiro atoms. The molecule has 0 unspecified atom stereocenters. The predicted molar refractivity (Wildman–Crippen MR) is 108 cm³/mol. The smallest absolute Gasteiger partial charge is 0.246 e. The molecule has 0 fully saturated rings. The summed E-state index contributed by atoms with van der Waals surface area (Å²) in [7, 11) is 0. The van der Waals surface area contributed by atoms with E-state index >= 15 is 0 Å². The molecule has 0 bridgehead atoms. The van der Waals surface area contributed by atoms with E-state index < -0.39 is 11.6 Å². The Bertz CT molecular complexity index is 885. The molecule has 2 rings (SSSR count). The lowest BCUT2D eigenvalue weighted by Gasteiger charge is -2.17. The minimum Gasteiger partial charge on any atom is -0.488 e. The average Bonchev–Trinajstić information content (AvgIpc) is 2.69. The molecular formula is C23H25F2NO3. The molecule has 0 saturated carbocycles. The number of hydrogen-bond donors (Lipinski definition) is 0. The summed E-state index contributed by atoms with van der Waals surface area (Å²) >= 11 is 0. The van der Waals surface area contributed by atoms with Gasteiger partial charge in [-0.2, -0.15) is 0 Å². The van der Waals surface area contributed by atoms with E-state index in [1.165, 1.54) is 6.07 Å². The molecule has 29 heavy (non-hydrogen) atoms. The van der Waals surface area contributed by atoms with E-state index in [1.807, 2.05) is 20.8 Å². The first kappa shape index (κ1) is 22.3. The Labute approximate surface area is 169 Å².